The lowest BCUT2D eigenvalue weighted by Crippen LogP contribution is -2.04. The minimum absolute atomic E-state index is 0.171. The van der Waals surface area contributed by atoms with Crippen LogP contribution in [0.4, 0.5) is 0 Å². The molecule has 0 N–H and O–H groups in total. The van der Waals surface area contributed by atoms with E-state index in [0.717, 1.165) is 5.56 Å². The van der Waals surface area contributed by atoms with E-state index < -0.39 is 10.4 Å². The number of methoxy groups -OCH3 is 2. The van der Waals surface area contributed by atoms with Gasteiger partial charge in [-0.3, -0.25) is 4.18 Å². The van der Waals surface area contributed by atoms with Crippen LogP contribution >= 0.6 is 0 Å². The third-order valence-corrected chi connectivity index (χ3v) is 2.69. The van der Waals surface area contributed by atoms with E-state index in [-0.39, 0.29) is 6.61 Å². The molecule has 0 aliphatic rings. The third kappa shape index (κ3) is 5.73. The Kier molecular flexibility index (Phi) is 5.81. The summed E-state index contributed by atoms with van der Waals surface area (Å²) < 4.78 is 44.9. The fraction of sp³-hybridized carbons (Fsp3) is 0.333. The van der Waals surface area contributed by atoms with Gasteiger partial charge in [0.2, 0.25) is 10.4 Å². The van der Waals surface area contributed by atoms with Gasteiger partial charge in [-0.05, 0) is 24.1 Å². The van der Waals surface area contributed by atoms with Gasteiger partial charge in [-0.25, -0.2) is 8.42 Å². The lowest BCUT2D eigenvalue weighted by atomic mass is 10.2. The van der Waals surface area contributed by atoms with Crippen molar-refractivity contribution in [1.29, 1.82) is 0 Å². The molecule has 0 amide bonds. The fourth-order valence-corrected chi connectivity index (χ4v) is 1.69. The highest BCUT2D eigenvalue weighted by atomic mass is 32.3. The number of hydrogen-bond acceptors (Lipinski definition) is 6. The van der Waals surface area contributed by atoms with E-state index in [1.807, 2.05) is 6.07 Å². The topological polar surface area (TPSA) is 84.9 Å². The Morgan fingerprint density at radius 1 is 1.21 bits per heavy atom. The summed E-state index contributed by atoms with van der Waals surface area (Å²) in [6.07, 6.45) is 3.78. The van der Waals surface area contributed by atoms with E-state index in [4.69, 9.17) is 9.47 Å². The number of ether oxygens (including phenoxy) is 2. The molecular weight excluding hydrogens is 272 g/mol. The largest absolute Gasteiger partial charge is 0.726 e. The van der Waals surface area contributed by atoms with Crippen molar-refractivity contribution in [2.75, 3.05) is 20.8 Å². The third-order valence-electron chi connectivity index (χ3n) is 2.23. The maximum Gasteiger partial charge on any atom is 0.217 e. The highest BCUT2D eigenvalue weighted by molar-refractivity contribution is 7.80. The zero-order valence-electron chi connectivity index (χ0n) is 10.7. The Bertz CT molecular complexity index is 535. The van der Waals surface area contributed by atoms with Crippen LogP contribution in [-0.2, 0) is 14.6 Å². The molecule has 0 spiro atoms. The van der Waals surface area contributed by atoms with Gasteiger partial charge < -0.3 is 14.0 Å². The van der Waals surface area contributed by atoms with Crippen molar-refractivity contribution in [3.05, 3.63) is 29.8 Å². The van der Waals surface area contributed by atoms with Gasteiger partial charge in [0.05, 0.1) is 20.8 Å². The van der Waals surface area contributed by atoms with Gasteiger partial charge in [0.15, 0.2) is 11.5 Å². The molecule has 0 aliphatic carbocycles. The van der Waals surface area contributed by atoms with Crippen molar-refractivity contribution in [3.63, 3.8) is 0 Å². The van der Waals surface area contributed by atoms with Crippen LogP contribution in [0, 0.1) is 0 Å². The number of benzene rings is 1. The SMILES string of the molecule is COc1ccc(C=CCCOS(=O)(=O)[O-])cc1OC. The predicted molar refractivity (Wildman–Crippen MR) is 68.8 cm³/mol. The second-order valence-corrected chi connectivity index (χ2v) is 4.59. The first kappa shape index (κ1) is 15.5. The molecule has 6 nitrogen and oxygen atoms in total. The molecule has 0 heterocycles. The van der Waals surface area contributed by atoms with Crippen molar-refractivity contribution in [3.8, 4) is 11.5 Å². The average molecular weight is 287 g/mol. The summed E-state index contributed by atoms with van der Waals surface area (Å²) >= 11 is 0. The Labute approximate surface area is 112 Å². The van der Waals surface area contributed by atoms with E-state index in [0.29, 0.717) is 17.9 Å². The van der Waals surface area contributed by atoms with E-state index >= 15 is 0 Å². The number of hydrogen-bond donors (Lipinski definition) is 0. The molecule has 106 valence electrons. The highest BCUT2D eigenvalue weighted by Gasteiger charge is 2.02. The van der Waals surface area contributed by atoms with E-state index in [9.17, 15) is 13.0 Å². The van der Waals surface area contributed by atoms with E-state index in [1.54, 1.807) is 31.4 Å². The van der Waals surface area contributed by atoms with Gasteiger partial charge in [-0.2, -0.15) is 0 Å². The molecule has 0 aromatic heterocycles. The van der Waals surface area contributed by atoms with Crippen LogP contribution < -0.4 is 9.47 Å². The molecule has 1 rings (SSSR count). The van der Waals surface area contributed by atoms with Crippen LogP contribution in [0.15, 0.2) is 24.3 Å². The van der Waals surface area contributed by atoms with Gasteiger partial charge in [0.1, 0.15) is 0 Å². The predicted octanol–water partition coefficient (Wildman–Crippen LogP) is 1.58. The van der Waals surface area contributed by atoms with Crippen LogP contribution in [0.5, 0.6) is 11.5 Å². The Hall–Kier alpha value is -1.57. The Morgan fingerprint density at radius 3 is 2.47 bits per heavy atom. The molecule has 1 aromatic rings. The molecule has 0 radical (unpaired) electrons. The summed E-state index contributed by atoms with van der Waals surface area (Å²) in [4.78, 5) is 0. The van der Waals surface area contributed by atoms with E-state index in [2.05, 4.69) is 4.18 Å². The summed E-state index contributed by atoms with van der Waals surface area (Å²) in [5, 5.41) is 0. The van der Waals surface area contributed by atoms with Gasteiger partial charge in [0.25, 0.3) is 0 Å². The lowest BCUT2D eigenvalue weighted by Gasteiger charge is -2.07. The summed E-state index contributed by atoms with van der Waals surface area (Å²) in [6.45, 7) is -0.171. The standard InChI is InChI=1S/C12H16O6S/c1-16-11-7-6-10(9-12(11)17-2)5-3-4-8-18-19(13,14)15/h3,5-7,9H,4,8H2,1-2H3,(H,13,14,15)/p-1. The van der Waals surface area contributed by atoms with Crippen LogP contribution in [0.2, 0.25) is 0 Å². The van der Waals surface area contributed by atoms with Crippen LogP contribution in [0.25, 0.3) is 6.08 Å². The molecule has 0 saturated carbocycles. The summed E-state index contributed by atoms with van der Waals surface area (Å²) in [5.74, 6) is 1.23. The first-order valence-electron chi connectivity index (χ1n) is 5.45. The van der Waals surface area contributed by atoms with Crippen molar-refractivity contribution in [2.24, 2.45) is 0 Å². The maximum absolute atomic E-state index is 10.2. The van der Waals surface area contributed by atoms with Crippen molar-refractivity contribution >= 4 is 16.5 Å². The van der Waals surface area contributed by atoms with Crippen LogP contribution in [0.1, 0.15) is 12.0 Å². The van der Waals surface area contributed by atoms with Gasteiger partial charge >= 0.3 is 0 Å². The quantitative estimate of drug-likeness (QED) is 0.430. The smallest absolute Gasteiger partial charge is 0.217 e. The van der Waals surface area contributed by atoms with Gasteiger partial charge in [-0.1, -0.05) is 18.2 Å². The summed E-state index contributed by atoms with van der Waals surface area (Å²) in [6, 6.07) is 5.36. The minimum Gasteiger partial charge on any atom is -0.726 e. The summed E-state index contributed by atoms with van der Waals surface area (Å²) in [7, 11) is -1.52. The first-order valence-corrected chi connectivity index (χ1v) is 6.78. The van der Waals surface area contributed by atoms with Crippen LogP contribution in [0.3, 0.4) is 0 Å². The molecule has 1 aromatic carbocycles. The molecule has 0 aliphatic heterocycles. The molecule has 0 atom stereocenters. The van der Waals surface area contributed by atoms with Crippen molar-refractivity contribution in [2.45, 2.75) is 6.42 Å². The monoisotopic (exact) mass is 287 g/mol. The minimum atomic E-state index is -4.61. The van der Waals surface area contributed by atoms with E-state index in [1.165, 1.54) is 7.11 Å². The molecular formula is C12H15O6S-. The summed E-state index contributed by atoms with van der Waals surface area (Å²) in [5.41, 5.74) is 0.864. The Morgan fingerprint density at radius 2 is 1.89 bits per heavy atom. The normalized spacial score (nSPS) is 11.7. The average Bonchev–Trinajstić information content (AvgIpc) is 2.36. The zero-order valence-corrected chi connectivity index (χ0v) is 11.5. The first-order chi connectivity index (χ1) is 8.96. The fourth-order valence-electron chi connectivity index (χ4n) is 1.39. The van der Waals surface area contributed by atoms with Crippen molar-refractivity contribution in [1.82, 2.24) is 0 Å². The molecule has 0 saturated heterocycles. The highest BCUT2D eigenvalue weighted by Crippen LogP contribution is 2.27. The lowest BCUT2D eigenvalue weighted by molar-refractivity contribution is 0.266. The molecule has 0 fully saturated rings. The molecule has 7 heteroatoms. The molecule has 0 unspecified atom stereocenters. The zero-order chi connectivity index (χ0) is 14.3. The molecule has 0 bridgehead atoms. The Balaban J connectivity index is 2.57. The van der Waals surface area contributed by atoms with Gasteiger partial charge in [-0.15, -0.1) is 0 Å². The second kappa shape index (κ2) is 7.13. The van der Waals surface area contributed by atoms with Crippen molar-refractivity contribution < 1.29 is 26.6 Å². The van der Waals surface area contributed by atoms with Gasteiger partial charge in [0, 0.05) is 0 Å². The maximum atomic E-state index is 10.2. The van der Waals surface area contributed by atoms with Crippen LogP contribution in [-0.4, -0.2) is 33.8 Å². The second-order valence-electron chi connectivity index (χ2n) is 3.54. The molecule has 19 heavy (non-hydrogen) atoms. The number of rotatable bonds is 7.